The number of aromatic nitrogens is 2. The summed E-state index contributed by atoms with van der Waals surface area (Å²) in [5.74, 6) is 0.930. The van der Waals surface area contributed by atoms with E-state index in [1.807, 2.05) is 23.9 Å². The van der Waals surface area contributed by atoms with E-state index in [-0.39, 0.29) is 0 Å². The van der Waals surface area contributed by atoms with Gasteiger partial charge < -0.3 is 10.5 Å². The smallest absolute Gasteiger partial charge is 0.122 e. The summed E-state index contributed by atoms with van der Waals surface area (Å²) in [5, 5.41) is 4.58. The highest BCUT2D eigenvalue weighted by molar-refractivity contribution is 5.66. The van der Waals surface area contributed by atoms with Gasteiger partial charge in [0.25, 0.3) is 0 Å². The topological polar surface area (TPSA) is 53.1 Å². The minimum absolute atomic E-state index is 0.506. The third-order valence-electron chi connectivity index (χ3n) is 3.56. The zero-order valence-corrected chi connectivity index (χ0v) is 12.0. The average molecular weight is 259 g/mol. The van der Waals surface area contributed by atoms with Gasteiger partial charge >= 0.3 is 0 Å². The second-order valence-electron chi connectivity index (χ2n) is 4.63. The third-order valence-corrected chi connectivity index (χ3v) is 3.56. The lowest BCUT2D eigenvalue weighted by Gasteiger charge is -2.08. The first-order valence-corrected chi connectivity index (χ1v) is 6.52. The molecule has 0 radical (unpaired) electrons. The van der Waals surface area contributed by atoms with Crippen molar-refractivity contribution in [3.8, 4) is 17.0 Å². The maximum Gasteiger partial charge on any atom is 0.122 e. The lowest BCUT2D eigenvalue weighted by atomic mass is 10.0. The van der Waals surface area contributed by atoms with Gasteiger partial charge in [0.1, 0.15) is 5.75 Å². The summed E-state index contributed by atoms with van der Waals surface area (Å²) in [7, 11) is 3.63. The summed E-state index contributed by atoms with van der Waals surface area (Å²) < 4.78 is 7.22. The molecule has 0 aliphatic carbocycles. The van der Waals surface area contributed by atoms with Gasteiger partial charge in [0, 0.05) is 19.2 Å². The van der Waals surface area contributed by atoms with Crippen molar-refractivity contribution in [2.45, 2.75) is 26.8 Å². The standard InChI is InChI=1S/C15H21N3O/c1-5-11-8-12(6-7-14(11)19-4)15-10(2)13(9-16)18(3)17-15/h6-8H,5,9,16H2,1-4H3. The minimum atomic E-state index is 0.506. The second-order valence-corrected chi connectivity index (χ2v) is 4.63. The summed E-state index contributed by atoms with van der Waals surface area (Å²) in [6, 6.07) is 6.20. The molecule has 0 amide bonds. The Morgan fingerprint density at radius 2 is 2.11 bits per heavy atom. The van der Waals surface area contributed by atoms with Gasteiger partial charge in [-0.2, -0.15) is 5.10 Å². The van der Waals surface area contributed by atoms with Crippen LogP contribution >= 0.6 is 0 Å². The van der Waals surface area contributed by atoms with E-state index < -0.39 is 0 Å². The van der Waals surface area contributed by atoms with Crippen LogP contribution in [-0.2, 0) is 20.0 Å². The second kappa shape index (κ2) is 5.45. The van der Waals surface area contributed by atoms with Crippen LogP contribution < -0.4 is 10.5 Å². The number of aryl methyl sites for hydroxylation is 2. The van der Waals surface area contributed by atoms with Gasteiger partial charge in [-0.3, -0.25) is 4.68 Å². The van der Waals surface area contributed by atoms with E-state index in [4.69, 9.17) is 10.5 Å². The molecule has 1 aromatic carbocycles. The molecule has 0 bridgehead atoms. The van der Waals surface area contributed by atoms with Crippen LogP contribution in [0, 0.1) is 6.92 Å². The number of methoxy groups -OCH3 is 1. The molecule has 0 saturated carbocycles. The molecule has 19 heavy (non-hydrogen) atoms. The zero-order chi connectivity index (χ0) is 14.0. The molecule has 1 heterocycles. The monoisotopic (exact) mass is 259 g/mol. The maximum absolute atomic E-state index is 5.76. The summed E-state index contributed by atoms with van der Waals surface area (Å²) >= 11 is 0. The van der Waals surface area contributed by atoms with Gasteiger partial charge in [0.15, 0.2) is 0 Å². The first kappa shape index (κ1) is 13.6. The molecule has 0 spiro atoms. The predicted molar refractivity (Wildman–Crippen MR) is 77.2 cm³/mol. The van der Waals surface area contributed by atoms with E-state index in [9.17, 15) is 0 Å². The highest BCUT2D eigenvalue weighted by atomic mass is 16.5. The Hall–Kier alpha value is -1.81. The van der Waals surface area contributed by atoms with E-state index >= 15 is 0 Å². The van der Waals surface area contributed by atoms with Gasteiger partial charge in [-0.15, -0.1) is 0 Å². The predicted octanol–water partition coefficient (Wildman–Crippen LogP) is 2.43. The van der Waals surface area contributed by atoms with Crippen molar-refractivity contribution >= 4 is 0 Å². The average Bonchev–Trinajstić information content (AvgIpc) is 2.72. The van der Waals surface area contributed by atoms with Gasteiger partial charge in [0.2, 0.25) is 0 Å². The third kappa shape index (κ3) is 2.36. The molecule has 2 aromatic rings. The van der Waals surface area contributed by atoms with Crippen molar-refractivity contribution in [3.05, 3.63) is 35.0 Å². The highest BCUT2D eigenvalue weighted by Crippen LogP contribution is 2.29. The lowest BCUT2D eigenvalue weighted by molar-refractivity contribution is 0.410. The minimum Gasteiger partial charge on any atom is -0.496 e. The van der Waals surface area contributed by atoms with Crippen molar-refractivity contribution in [1.82, 2.24) is 9.78 Å². The maximum atomic E-state index is 5.76. The Kier molecular flexibility index (Phi) is 3.90. The normalized spacial score (nSPS) is 10.8. The molecular weight excluding hydrogens is 238 g/mol. The number of hydrogen-bond donors (Lipinski definition) is 1. The van der Waals surface area contributed by atoms with E-state index in [0.29, 0.717) is 6.54 Å². The number of ether oxygens (including phenoxy) is 1. The van der Waals surface area contributed by atoms with Crippen molar-refractivity contribution in [1.29, 1.82) is 0 Å². The largest absolute Gasteiger partial charge is 0.496 e. The molecule has 0 atom stereocenters. The summed E-state index contributed by atoms with van der Waals surface area (Å²) in [6.07, 6.45) is 0.937. The van der Waals surface area contributed by atoms with Gasteiger partial charge in [-0.25, -0.2) is 0 Å². The van der Waals surface area contributed by atoms with Crippen LogP contribution in [0.2, 0.25) is 0 Å². The highest BCUT2D eigenvalue weighted by Gasteiger charge is 2.14. The van der Waals surface area contributed by atoms with Gasteiger partial charge in [-0.05, 0) is 42.7 Å². The van der Waals surface area contributed by atoms with Crippen molar-refractivity contribution in [2.75, 3.05) is 7.11 Å². The van der Waals surface area contributed by atoms with Crippen molar-refractivity contribution < 1.29 is 4.74 Å². The Morgan fingerprint density at radius 1 is 1.37 bits per heavy atom. The molecule has 2 N–H and O–H groups in total. The number of rotatable bonds is 4. The van der Waals surface area contributed by atoms with Crippen LogP contribution in [0.5, 0.6) is 5.75 Å². The fourth-order valence-corrected chi connectivity index (χ4v) is 2.43. The molecular formula is C15H21N3O. The van der Waals surface area contributed by atoms with Crippen LogP contribution in [-0.4, -0.2) is 16.9 Å². The number of benzene rings is 1. The Balaban J connectivity index is 2.53. The SMILES string of the molecule is CCc1cc(-c2nn(C)c(CN)c2C)ccc1OC. The number of nitrogens with two attached hydrogens (primary N) is 1. The first-order valence-electron chi connectivity index (χ1n) is 6.52. The number of nitrogens with zero attached hydrogens (tertiary/aromatic N) is 2. The fourth-order valence-electron chi connectivity index (χ4n) is 2.43. The van der Waals surface area contributed by atoms with Gasteiger partial charge in [0.05, 0.1) is 18.5 Å². The number of hydrogen-bond acceptors (Lipinski definition) is 3. The lowest BCUT2D eigenvalue weighted by Crippen LogP contribution is -2.05. The van der Waals surface area contributed by atoms with E-state index in [2.05, 4.69) is 25.0 Å². The van der Waals surface area contributed by atoms with Gasteiger partial charge in [-0.1, -0.05) is 6.92 Å². The molecule has 0 unspecified atom stereocenters. The molecule has 0 aliphatic heterocycles. The zero-order valence-electron chi connectivity index (χ0n) is 12.0. The molecule has 1 aromatic heterocycles. The first-order chi connectivity index (χ1) is 9.12. The molecule has 0 saturated heterocycles. The Bertz CT molecular complexity index is 587. The Labute approximate surface area is 114 Å². The summed E-state index contributed by atoms with van der Waals surface area (Å²) in [5.41, 5.74) is 11.3. The van der Waals surface area contributed by atoms with Crippen LogP contribution in [0.25, 0.3) is 11.3 Å². The van der Waals surface area contributed by atoms with E-state index in [1.165, 1.54) is 5.56 Å². The summed E-state index contributed by atoms with van der Waals surface area (Å²) in [4.78, 5) is 0. The molecule has 2 rings (SSSR count). The summed E-state index contributed by atoms with van der Waals surface area (Å²) in [6.45, 7) is 4.70. The molecule has 0 aliphatic rings. The van der Waals surface area contributed by atoms with E-state index in [0.717, 1.165) is 34.7 Å². The van der Waals surface area contributed by atoms with Crippen molar-refractivity contribution in [2.24, 2.45) is 12.8 Å². The van der Waals surface area contributed by atoms with Crippen molar-refractivity contribution in [3.63, 3.8) is 0 Å². The molecule has 102 valence electrons. The molecule has 4 nitrogen and oxygen atoms in total. The van der Waals surface area contributed by atoms with Crippen LogP contribution in [0.3, 0.4) is 0 Å². The van der Waals surface area contributed by atoms with Crippen LogP contribution in [0.15, 0.2) is 18.2 Å². The Morgan fingerprint density at radius 3 is 2.63 bits per heavy atom. The van der Waals surface area contributed by atoms with E-state index in [1.54, 1.807) is 7.11 Å². The van der Waals surface area contributed by atoms with Crippen LogP contribution in [0.1, 0.15) is 23.7 Å². The quantitative estimate of drug-likeness (QED) is 0.917. The molecule has 4 heteroatoms. The fraction of sp³-hybridized carbons (Fsp3) is 0.400. The van der Waals surface area contributed by atoms with Crippen LogP contribution in [0.4, 0.5) is 0 Å². The molecule has 0 fully saturated rings.